The number of nitrogens with one attached hydrogen (secondary N) is 1. The SMILES string of the molecule is COc1ccc(S(=O)(=O)Oc2ccc(CN(C(=O)NC(C)C)C3CC3)cc2)cc1. The quantitative estimate of drug-likeness (QED) is 0.663. The first-order valence-electron chi connectivity index (χ1n) is 9.53. The van der Waals surface area contributed by atoms with Gasteiger partial charge in [-0.25, -0.2) is 4.79 Å². The second kappa shape index (κ2) is 8.73. The third kappa shape index (κ3) is 5.63. The van der Waals surface area contributed by atoms with Gasteiger partial charge >= 0.3 is 16.1 Å². The summed E-state index contributed by atoms with van der Waals surface area (Å²) in [5.41, 5.74) is 0.907. The van der Waals surface area contributed by atoms with Crippen molar-refractivity contribution in [3.8, 4) is 11.5 Å². The highest BCUT2D eigenvalue weighted by molar-refractivity contribution is 7.87. The number of ether oxygens (including phenoxy) is 1. The predicted molar refractivity (Wildman–Crippen MR) is 109 cm³/mol. The molecule has 0 saturated heterocycles. The summed E-state index contributed by atoms with van der Waals surface area (Å²) < 4.78 is 35.1. The molecule has 0 aliphatic heterocycles. The Morgan fingerprint density at radius 1 is 1.07 bits per heavy atom. The lowest BCUT2D eigenvalue weighted by Gasteiger charge is -2.24. The average Bonchev–Trinajstić information content (AvgIpc) is 3.51. The van der Waals surface area contributed by atoms with Gasteiger partial charge in [0.15, 0.2) is 0 Å². The summed E-state index contributed by atoms with van der Waals surface area (Å²) in [7, 11) is -2.42. The molecule has 2 aromatic rings. The van der Waals surface area contributed by atoms with Crippen LogP contribution in [0.25, 0.3) is 0 Å². The van der Waals surface area contributed by atoms with Gasteiger partial charge in [0.1, 0.15) is 16.4 Å². The first-order chi connectivity index (χ1) is 13.8. The fourth-order valence-electron chi connectivity index (χ4n) is 2.85. The molecule has 0 aromatic heterocycles. The maximum absolute atomic E-state index is 12.4. The molecule has 0 atom stereocenters. The van der Waals surface area contributed by atoms with Crippen molar-refractivity contribution < 1.29 is 22.1 Å². The van der Waals surface area contributed by atoms with Crippen LogP contribution in [0.3, 0.4) is 0 Å². The summed E-state index contributed by atoms with van der Waals surface area (Å²) in [6.07, 6.45) is 2.01. The summed E-state index contributed by atoms with van der Waals surface area (Å²) in [5, 5.41) is 2.93. The van der Waals surface area contributed by atoms with E-state index in [4.69, 9.17) is 8.92 Å². The van der Waals surface area contributed by atoms with Gasteiger partial charge in [0.05, 0.1) is 7.11 Å². The van der Waals surface area contributed by atoms with Crippen molar-refractivity contribution >= 4 is 16.1 Å². The molecule has 1 fully saturated rings. The lowest BCUT2D eigenvalue weighted by atomic mass is 10.2. The smallest absolute Gasteiger partial charge is 0.339 e. The molecule has 156 valence electrons. The van der Waals surface area contributed by atoms with Crippen molar-refractivity contribution in [2.45, 2.75) is 50.2 Å². The summed E-state index contributed by atoms with van der Waals surface area (Å²) in [6.45, 7) is 4.32. The van der Waals surface area contributed by atoms with Crippen LogP contribution in [0.1, 0.15) is 32.3 Å². The van der Waals surface area contributed by atoms with Gasteiger partial charge in [-0.2, -0.15) is 8.42 Å². The number of nitrogens with zero attached hydrogens (tertiary/aromatic N) is 1. The number of amides is 2. The molecule has 3 rings (SSSR count). The Morgan fingerprint density at radius 2 is 1.66 bits per heavy atom. The molecule has 0 bridgehead atoms. The molecule has 0 spiro atoms. The van der Waals surface area contributed by atoms with Gasteiger partial charge in [-0.15, -0.1) is 0 Å². The number of methoxy groups -OCH3 is 1. The van der Waals surface area contributed by atoms with Crippen LogP contribution in [0.4, 0.5) is 4.79 Å². The summed E-state index contributed by atoms with van der Waals surface area (Å²) >= 11 is 0. The number of hydrogen-bond donors (Lipinski definition) is 1. The maximum Gasteiger partial charge on any atom is 0.339 e. The summed E-state index contributed by atoms with van der Waals surface area (Å²) in [5.74, 6) is 0.782. The Kier molecular flexibility index (Phi) is 6.32. The summed E-state index contributed by atoms with van der Waals surface area (Å²) in [6, 6.07) is 13.0. The number of carbonyl (C=O) groups is 1. The van der Waals surface area contributed by atoms with Crippen molar-refractivity contribution in [2.75, 3.05) is 7.11 Å². The lowest BCUT2D eigenvalue weighted by Crippen LogP contribution is -2.43. The highest BCUT2D eigenvalue weighted by Gasteiger charge is 2.32. The van der Waals surface area contributed by atoms with E-state index in [9.17, 15) is 13.2 Å². The van der Waals surface area contributed by atoms with E-state index in [0.717, 1.165) is 18.4 Å². The van der Waals surface area contributed by atoms with E-state index in [0.29, 0.717) is 12.3 Å². The Labute approximate surface area is 171 Å². The second-order valence-corrected chi connectivity index (χ2v) is 8.87. The zero-order chi connectivity index (χ0) is 21.0. The van der Waals surface area contributed by atoms with Gasteiger partial charge in [0.2, 0.25) is 0 Å². The van der Waals surface area contributed by atoms with E-state index in [-0.39, 0.29) is 28.8 Å². The largest absolute Gasteiger partial charge is 0.497 e. The van der Waals surface area contributed by atoms with Crippen LogP contribution in [0.2, 0.25) is 0 Å². The highest BCUT2D eigenvalue weighted by Crippen LogP contribution is 2.29. The third-order valence-corrected chi connectivity index (χ3v) is 5.75. The van der Waals surface area contributed by atoms with Gasteiger partial charge < -0.3 is 19.1 Å². The monoisotopic (exact) mass is 418 g/mol. The number of hydrogen-bond acceptors (Lipinski definition) is 5. The lowest BCUT2D eigenvalue weighted by molar-refractivity contribution is 0.189. The van der Waals surface area contributed by atoms with Crippen LogP contribution in [0.15, 0.2) is 53.4 Å². The maximum atomic E-state index is 12.4. The number of carbonyl (C=O) groups excluding carboxylic acids is 1. The van der Waals surface area contributed by atoms with E-state index in [2.05, 4.69) is 5.32 Å². The van der Waals surface area contributed by atoms with Gasteiger partial charge in [0.25, 0.3) is 0 Å². The van der Waals surface area contributed by atoms with Crippen LogP contribution < -0.4 is 14.2 Å². The molecule has 1 aliphatic carbocycles. The van der Waals surface area contributed by atoms with Crippen molar-refractivity contribution in [1.29, 1.82) is 0 Å². The number of benzene rings is 2. The Balaban J connectivity index is 1.66. The Hall–Kier alpha value is -2.74. The molecule has 1 saturated carbocycles. The van der Waals surface area contributed by atoms with Crippen molar-refractivity contribution in [3.05, 3.63) is 54.1 Å². The van der Waals surface area contributed by atoms with Gasteiger partial charge in [0, 0.05) is 18.6 Å². The molecule has 0 radical (unpaired) electrons. The minimum atomic E-state index is -3.93. The molecule has 29 heavy (non-hydrogen) atoms. The van der Waals surface area contributed by atoms with Gasteiger partial charge in [-0.05, 0) is 68.7 Å². The topological polar surface area (TPSA) is 84.9 Å². The number of urea groups is 1. The standard InChI is InChI=1S/C21H26N2O5S/c1-15(2)22-21(24)23(17-6-7-17)14-16-4-8-19(9-5-16)28-29(25,26)20-12-10-18(27-3)11-13-20/h4-5,8-13,15,17H,6-7,14H2,1-3H3,(H,22,24). The zero-order valence-electron chi connectivity index (χ0n) is 16.8. The number of rotatable bonds is 8. The normalized spacial score (nSPS) is 13.8. The fraction of sp³-hybridized carbons (Fsp3) is 0.381. The van der Waals surface area contributed by atoms with E-state index in [1.807, 2.05) is 18.7 Å². The molecule has 1 N–H and O–H groups in total. The first-order valence-corrected chi connectivity index (χ1v) is 10.9. The van der Waals surface area contributed by atoms with Crippen LogP contribution in [-0.4, -0.2) is 38.5 Å². The first kappa shape index (κ1) is 21.0. The van der Waals surface area contributed by atoms with E-state index in [1.54, 1.807) is 36.4 Å². The zero-order valence-corrected chi connectivity index (χ0v) is 17.6. The molecular weight excluding hydrogens is 392 g/mol. The predicted octanol–water partition coefficient (Wildman–Crippen LogP) is 3.55. The Morgan fingerprint density at radius 3 is 2.17 bits per heavy atom. The highest BCUT2D eigenvalue weighted by atomic mass is 32.2. The molecule has 8 heteroatoms. The molecule has 0 heterocycles. The van der Waals surface area contributed by atoms with Crippen LogP contribution in [0.5, 0.6) is 11.5 Å². The van der Waals surface area contributed by atoms with E-state index in [1.165, 1.54) is 19.2 Å². The molecule has 2 amide bonds. The molecule has 1 aliphatic rings. The molecule has 7 nitrogen and oxygen atoms in total. The summed E-state index contributed by atoms with van der Waals surface area (Å²) in [4.78, 5) is 14.3. The third-order valence-electron chi connectivity index (χ3n) is 4.49. The molecule has 0 unspecified atom stereocenters. The van der Waals surface area contributed by atoms with Gasteiger partial charge in [-0.1, -0.05) is 12.1 Å². The Bertz CT molecular complexity index is 936. The van der Waals surface area contributed by atoms with Crippen molar-refractivity contribution in [1.82, 2.24) is 10.2 Å². The fourth-order valence-corrected chi connectivity index (χ4v) is 3.78. The molecule has 2 aromatic carbocycles. The van der Waals surface area contributed by atoms with E-state index >= 15 is 0 Å². The second-order valence-electron chi connectivity index (χ2n) is 7.32. The average molecular weight is 419 g/mol. The minimum Gasteiger partial charge on any atom is -0.497 e. The molecular formula is C21H26N2O5S. The van der Waals surface area contributed by atoms with Gasteiger partial charge in [-0.3, -0.25) is 0 Å². The van der Waals surface area contributed by atoms with Crippen molar-refractivity contribution in [2.24, 2.45) is 0 Å². The van der Waals surface area contributed by atoms with Crippen LogP contribution >= 0.6 is 0 Å². The minimum absolute atomic E-state index is 0.0487. The van der Waals surface area contributed by atoms with Crippen molar-refractivity contribution in [3.63, 3.8) is 0 Å². The van der Waals surface area contributed by atoms with Crippen LogP contribution in [-0.2, 0) is 16.7 Å². The van der Waals surface area contributed by atoms with E-state index < -0.39 is 10.1 Å². The van der Waals surface area contributed by atoms with Crippen LogP contribution in [0, 0.1) is 0 Å².